The van der Waals surface area contributed by atoms with Gasteiger partial charge in [-0.15, -0.1) is 0 Å². The second-order valence-corrected chi connectivity index (χ2v) is 6.34. The van der Waals surface area contributed by atoms with Gasteiger partial charge in [0.15, 0.2) is 5.69 Å². The van der Waals surface area contributed by atoms with E-state index in [4.69, 9.17) is 0 Å². The SMILES string of the molecule is CCn1ncc(-c2cc(C(F)(F)F)nc(N/N=C/c3ccn(CC(F)(F)F)n3)n2)c1C. The average Bonchev–Trinajstić information content (AvgIpc) is 3.25. The molecule has 0 atom stereocenters. The van der Waals surface area contributed by atoms with Crippen LogP contribution in [0.15, 0.2) is 29.6 Å². The van der Waals surface area contributed by atoms with Crippen molar-refractivity contribution in [3.05, 3.63) is 41.6 Å². The number of alkyl halides is 6. The van der Waals surface area contributed by atoms with Crippen molar-refractivity contribution >= 4 is 12.2 Å². The van der Waals surface area contributed by atoms with Crippen LogP contribution in [-0.4, -0.2) is 41.9 Å². The molecule has 0 amide bonds. The summed E-state index contributed by atoms with van der Waals surface area (Å²) in [6.07, 6.45) is -5.63. The first-order valence-electron chi connectivity index (χ1n) is 8.84. The fraction of sp³-hybridized carbons (Fsp3) is 0.353. The van der Waals surface area contributed by atoms with E-state index in [0.717, 1.165) is 18.5 Å². The third-order valence-electron chi connectivity index (χ3n) is 4.06. The Morgan fingerprint density at radius 3 is 2.52 bits per heavy atom. The van der Waals surface area contributed by atoms with Gasteiger partial charge in [-0.2, -0.15) is 41.6 Å². The van der Waals surface area contributed by atoms with Gasteiger partial charge in [0.25, 0.3) is 0 Å². The Bertz CT molecular complexity index is 1080. The second-order valence-electron chi connectivity index (χ2n) is 6.34. The normalized spacial score (nSPS) is 12.6. The molecular formula is C17H16F6N8. The molecule has 31 heavy (non-hydrogen) atoms. The maximum atomic E-state index is 13.3. The Kier molecular flexibility index (Phi) is 5.99. The van der Waals surface area contributed by atoms with E-state index in [2.05, 4.69) is 30.7 Å². The molecule has 0 aliphatic rings. The van der Waals surface area contributed by atoms with Crippen molar-refractivity contribution in [2.45, 2.75) is 39.3 Å². The lowest BCUT2D eigenvalue weighted by molar-refractivity contribution is -0.143. The van der Waals surface area contributed by atoms with Crippen LogP contribution in [0.1, 0.15) is 24.0 Å². The van der Waals surface area contributed by atoms with Crippen molar-refractivity contribution < 1.29 is 26.3 Å². The van der Waals surface area contributed by atoms with Gasteiger partial charge in [-0.05, 0) is 26.0 Å². The zero-order chi connectivity index (χ0) is 22.8. The van der Waals surface area contributed by atoms with E-state index in [-0.39, 0.29) is 11.4 Å². The molecule has 3 rings (SSSR count). The van der Waals surface area contributed by atoms with E-state index >= 15 is 0 Å². The summed E-state index contributed by atoms with van der Waals surface area (Å²) in [5.41, 5.74) is 2.15. The van der Waals surface area contributed by atoms with Crippen LogP contribution < -0.4 is 5.43 Å². The molecule has 3 aromatic rings. The molecule has 0 saturated carbocycles. The average molecular weight is 446 g/mol. The highest BCUT2D eigenvalue weighted by molar-refractivity contribution is 5.77. The summed E-state index contributed by atoms with van der Waals surface area (Å²) in [5, 5.41) is 11.4. The minimum Gasteiger partial charge on any atom is -0.269 e. The van der Waals surface area contributed by atoms with Crippen LogP contribution >= 0.6 is 0 Å². The molecular weight excluding hydrogens is 430 g/mol. The molecule has 0 bridgehead atoms. The Morgan fingerprint density at radius 2 is 1.90 bits per heavy atom. The number of hydrogen-bond acceptors (Lipinski definition) is 6. The number of rotatable bonds is 6. The Labute approximate surface area is 171 Å². The predicted octanol–water partition coefficient (Wildman–Crippen LogP) is 3.89. The fourth-order valence-electron chi connectivity index (χ4n) is 2.67. The predicted molar refractivity (Wildman–Crippen MR) is 98.2 cm³/mol. The van der Waals surface area contributed by atoms with Gasteiger partial charge >= 0.3 is 12.4 Å². The second kappa shape index (κ2) is 8.35. The monoisotopic (exact) mass is 446 g/mol. The molecule has 0 fully saturated rings. The number of hydrogen-bond donors (Lipinski definition) is 1. The van der Waals surface area contributed by atoms with Gasteiger partial charge in [0, 0.05) is 24.0 Å². The van der Waals surface area contributed by atoms with Gasteiger partial charge in [-0.3, -0.25) is 9.36 Å². The van der Waals surface area contributed by atoms with E-state index in [1.807, 2.05) is 6.92 Å². The molecule has 0 spiro atoms. The van der Waals surface area contributed by atoms with E-state index in [1.54, 1.807) is 11.6 Å². The summed E-state index contributed by atoms with van der Waals surface area (Å²) < 4.78 is 79.2. The topological polar surface area (TPSA) is 85.8 Å². The van der Waals surface area contributed by atoms with Crippen LogP contribution in [0.4, 0.5) is 32.3 Å². The summed E-state index contributed by atoms with van der Waals surface area (Å²) in [6.45, 7) is 2.78. The highest BCUT2D eigenvalue weighted by atomic mass is 19.4. The number of aryl methyl sites for hydroxylation is 1. The van der Waals surface area contributed by atoms with Gasteiger partial charge in [0.05, 0.1) is 18.1 Å². The molecule has 166 valence electrons. The standard InChI is InChI=1S/C17H16F6N8/c1-3-31-10(2)12(8-25-31)13-6-14(17(21,22)23)27-15(26-13)28-24-7-11-4-5-30(29-11)9-16(18,19)20/h4-8H,3,9H2,1-2H3,(H,26,27,28)/b24-7+. The highest BCUT2D eigenvalue weighted by Crippen LogP contribution is 2.32. The lowest BCUT2D eigenvalue weighted by atomic mass is 10.1. The number of aromatic nitrogens is 6. The van der Waals surface area contributed by atoms with E-state index in [0.29, 0.717) is 22.5 Å². The first-order chi connectivity index (χ1) is 14.5. The van der Waals surface area contributed by atoms with E-state index in [1.165, 1.54) is 12.3 Å². The van der Waals surface area contributed by atoms with Crippen molar-refractivity contribution in [1.29, 1.82) is 0 Å². The third kappa shape index (κ3) is 5.58. The maximum absolute atomic E-state index is 13.3. The Morgan fingerprint density at radius 1 is 1.16 bits per heavy atom. The third-order valence-corrected chi connectivity index (χ3v) is 4.06. The van der Waals surface area contributed by atoms with Crippen molar-refractivity contribution in [2.24, 2.45) is 5.10 Å². The zero-order valence-electron chi connectivity index (χ0n) is 16.2. The van der Waals surface area contributed by atoms with Crippen LogP contribution in [0, 0.1) is 6.92 Å². The van der Waals surface area contributed by atoms with Gasteiger partial charge in [-0.25, -0.2) is 15.4 Å². The number of nitrogens with zero attached hydrogens (tertiary/aromatic N) is 7. The number of nitrogens with one attached hydrogen (secondary N) is 1. The van der Waals surface area contributed by atoms with Gasteiger partial charge < -0.3 is 0 Å². The first-order valence-corrected chi connectivity index (χ1v) is 8.84. The molecule has 1 N–H and O–H groups in total. The van der Waals surface area contributed by atoms with Crippen molar-refractivity contribution in [2.75, 3.05) is 5.43 Å². The quantitative estimate of drug-likeness (QED) is 0.353. The molecule has 0 saturated heterocycles. The lowest BCUT2D eigenvalue weighted by Crippen LogP contribution is -2.18. The minimum absolute atomic E-state index is 0.00770. The summed E-state index contributed by atoms with van der Waals surface area (Å²) in [4.78, 5) is 7.46. The van der Waals surface area contributed by atoms with Crippen LogP contribution in [0.5, 0.6) is 0 Å². The summed E-state index contributed by atoms with van der Waals surface area (Å²) >= 11 is 0. The summed E-state index contributed by atoms with van der Waals surface area (Å²) in [6, 6.07) is 2.07. The molecule has 3 aromatic heterocycles. The van der Waals surface area contributed by atoms with Crippen molar-refractivity contribution in [3.63, 3.8) is 0 Å². The zero-order valence-corrected chi connectivity index (χ0v) is 16.2. The van der Waals surface area contributed by atoms with Crippen LogP contribution in [-0.2, 0) is 19.3 Å². The first kappa shape index (κ1) is 22.2. The Balaban J connectivity index is 1.85. The molecule has 14 heteroatoms. The Hall–Kier alpha value is -3.45. The largest absolute Gasteiger partial charge is 0.433 e. The molecule has 0 unspecified atom stereocenters. The lowest BCUT2D eigenvalue weighted by Gasteiger charge is -2.10. The van der Waals surface area contributed by atoms with Crippen LogP contribution in [0.2, 0.25) is 0 Å². The van der Waals surface area contributed by atoms with E-state index < -0.39 is 30.5 Å². The molecule has 0 radical (unpaired) electrons. The van der Waals surface area contributed by atoms with Gasteiger partial charge in [-0.1, -0.05) is 0 Å². The summed E-state index contributed by atoms with van der Waals surface area (Å²) in [5.74, 6) is -0.445. The van der Waals surface area contributed by atoms with Crippen molar-refractivity contribution in [1.82, 2.24) is 29.5 Å². The molecule has 3 heterocycles. The number of anilines is 1. The molecule has 0 aromatic carbocycles. The summed E-state index contributed by atoms with van der Waals surface area (Å²) in [7, 11) is 0. The van der Waals surface area contributed by atoms with Crippen LogP contribution in [0.25, 0.3) is 11.3 Å². The van der Waals surface area contributed by atoms with Gasteiger partial charge in [0.1, 0.15) is 12.2 Å². The smallest absolute Gasteiger partial charge is 0.269 e. The van der Waals surface area contributed by atoms with Crippen molar-refractivity contribution in [3.8, 4) is 11.3 Å². The fourth-order valence-corrected chi connectivity index (χ4v) is 2.67. The molecule has 0 aliphatic heterocycles. The minimum atomic E-state index is -4.73. The highest BCUT2D eigenvalue weighted by Gasteiger charge is 2.34. The molecule has 0 aliphatic carbocycles. The molecule has 8 nitrogen and oxygen atoms in total. The van der Waals surface area contributed by atoms with Crippen LogP contribution in [0.3, 0.4) is 0 Å². The van der Waals surface area contributed by atoms with Gasteiger partial charge in [0.2, 0.25) is 5.95 Å². The maximum Gasteiger partial charge on any atom is 0.433 e. The van der Waals surface area contributed by atoms with E-state index in [9.17, 15) is 26.3 Å². The number of halogens is 6. The number of hydrazone groups is 1.